The summed E-state index contributed by atoms with van der Waals surface area (Å²) in [6, 6.07) is 0. The molecule has 0 amide bonds. The molecule has 0 aliphatic heterocycles. The van der Waals surface area contributed by atoms with E-state index < -0.39 is 20.0 Å². The SMILES string of the molecule is C[C@@H]1C(CC(=O)OC(C)(C)C)C[C@@H](O[Si](C)(C)C(C)(C)C)C[C@H]1O. The highest BCUT2D eigenvalue weighted by Gasteiger charge is 2.43. The summed E-state index contributed by atoms with van der Waals surface area (Å²) in [6.07, 6.45) is 1.46. The molecule has 0 heterocycles. The zero-order chi connectivity index (χ0) is 18.9. The maximum absolute atomic E-state index is 12.2. The van der Waals surface area contributed by atoms with E-state index in [9.17, 15) is 9.90 Å². The smallest absolute Gasteiger partial charge is 0.306 e. The lowest BCUT2D eigenvalue weighted by atomic mass is 9.75. The molecule has 0 aromatic heterocycles. The number of carbonyl (C=O) groups is 1. The molecule has 5 heteroatoms. The monoisotopic (exact) mass is 358 g/mol. The van der Waals surface area contributed by atoms with Crippen molar-refractivity contribution in [2.75, 3.05) is 0 Å². The van der Waals surface area contributed by atoms with E-state index in [1.807, 2.05) is 27.7 Å². The van der Waals surface area contributed by atoms with Crippen molar-refractivity contribution in [1.29, 1.82) is 0 Å². The summed E-state index contributed by atoms with van der Waals surface area (Å²) in [5.41, 5.74) is -0.468. The first-order chi connectivity index (χ1) is 10.6. The van der Waals surface area contributed by atoms with Crippen LogP contribution < -0.4 is 0 Å². The van der Waals surface area contributed by atoms with Gasteiger partial charge < -0.3 is 14.3 Å². The predicted molar refractivity (Wildman–Crippen MR) is 100 cm³/mol. The van der Waals surface area contributed by atoms with Crippen LogP contribution in [0.25, 0.3) is 0 Å². The van der Waals surface area contributed by atoms with Crippen LogP contribution in [0.15, 0.2) is 0 Å². The van der Waals surface area contributed by atoms with Gasteiger partial charge in [-0.25, -0.2) is 0 Å². The molecule has 4 nitrogen and oxygen atoms in total. The molecule has 1 unspecified atom stereocenters. The van der Waals surface area contributed by atoms with Crippen LogP contribution in [0.2, 0.25) is 18.1 Å². The Morgan fingerprint density at radius 2 is 1.67 bits per heavy atom. The fourth-order valence-electron chi connectivity index (χ4n) is 3.00. The average molecular weight is 359 g/mol. The Kier molecular flexibility index (Phi) is 6.73. The molecule has 24 heavy (non-hydrogen) atoms. The minimum absolute atomic E-state index is 0.0320. The van der Waals surface area contributed by atoms with Crippen LogP contribution in [0.3, 0.4) is 0 Å². The third-order valence-electron chi connectivity index (χ3n) is 5.54. The lowest BCUT2D eigenvalue weighted by Gasteiger charge is -2.44. The van der Waals surface area contributed by atoms with Crippen LogP contribution in [0, 0.1) is 11.8 Å². The first kappa shape index (κ1) is 21.6. The highest BCUT2D eigenvalue weighted by atomic mass is 28.4. The van der Waals surface area contributed by atoms with E-state index in [-0.39, 0.29) is 28.9 Å². The van der Waals surface area contributed by atoms with E-state index >= 15 is 0 Å². The summed E-state index contributed by atoms with van der Waals surface area (Å²) in [4.78, 5) is 12.2. The average Bonchev–Trinajstić information content (AvgIpc) is 2.30. The Morgan fingerprint density at radius 3 is 2.12 bits per heavy atom. The van der Waals surface area contributed by atoms with Gasteiger partial charge in [0.1, 0.15) is 5.60 Å². The summed E-state index contributed by atoms with van der Waals surface area (Å²) in [6.45, 7) is 18.8. The lowest BCUT2D eigenvalue weighted by molar-refractivity contribution is -0.157. The normalized spacial score (nSPS) is 29.4. The molecule has 0 saturated heterocycles. The number of aliphatic hydroxyl groups excluding tert-OH is 1. The highest BCUT2D eigenvalue weighted by Crippen LogP contribution is 2.41. The van der Waals surface area contributed by atoms with Crippen molar-refractivity contribution in [3.05, 3.63) is 0 Å². The maximum Gasteiger partial charge on any atom is 0.306 e. The first-order valence-corrected chi connectivity index (χ1v) is 12.1. The first-order valence-electron chi connectivity index (χ1n) is 9.20. The summed E-state index contributed by atoms with van der Waals surface area (Å²) < 4.78 is 12.0. The van der Waals surface area contributed by atoms with Crippen LogP contribution in [0.4, 0.5) is 0 Å². The summed E-state index contributed by atoms with van der Waals surface area (Å²) in [5, 5.41) is 10.6. The van der Waals surface area contributed by atoms with Crippen LogP contribution in [0.5, 0.6) is 0 Å². The Hall–Kier alpha value is -0.393. The van der Waals surface area contributed by atoms with Crippen LogP contribution >= 0.6 is 0 Å². The van der Waals surface area contributed by atoms with E-state index in [0.717, 1.165) is 6.42 Å². The topological polar surface area (TPSA) is 55.8 Å². The van der Waals surface area contributed by atoms with Gasteiger partial charge in [0, 0.05) is 12.5 Å². The molecule has 0 radical (unpaired) electrons. The molecular weight excluding hydrogens is 320 g/mol. The Morgan fingerprint density at radius 1 is 1.12 bits per heavy atom. The van der Waals surface area contributed by atoms with Crippen molar-refractivity contribution in [3.8, 4) is 0 Å². The van der Waals surface area contributed by atoms with Gasteiger partial charge in [-0.05, 0) is 63.6 Å². The molecule has 0 aromatic carbocycles. The van der Waals surface area contributed by atoms with E-state index in [0.29, 0.717) is 12.8 Å². The Labute approximate surface area is 149 Å². The van der Waals surface area contributed by atoms with Crippen LogP contribution in [-0.2, 0) is 14.0 Å². The number of rotatable bonds is 4. The van der Waals surface area contributed by atoms with E-state index in [2.05, 4.69) is 33.9 Å². The van der Waals surface area contributed by atoms with Gasteiger partial charge in [0.15, 0.2) is 8.32 Å². The second kappa shape index (κ2) is 7.46. The van der Waals surface area contributed by atoms with Crippen LogP contribution in [-0.4, -0.2) is 37.2 Å². The maximum atomic E-state index is 12.2. The largest absolute Gasteiger partial charge is 0.460 e. The zero-order valence-electron chi connectivity index (χ0n) is 17.1. The zero-order valence-corrected chi connectivity index (χ0v) is 18.1. The van der Waals surface area contributed by atoms with Gasteiger partial charge in [-0.2, -0.15) is 0 Å². The van der Waals surface area contributed by atoms with E-state index in [1.165, 1.54) is 0 Å². The van der Waals surface area contributed by atoms with Gasteiger partial charge in [0.25, 0.3) is 0 Å². The number of aliphatic hydroxyl groups is 1. The van der Waals surface area contributed by atoms with Crippen molar-refractivity contribution >= 4 is 14.3 Å². The molecule has 0 bridgehead atoms. The van der Waals surface area contributed by atoms with Gasteiger partial charge in [0.2, 0.25) is 0 Å². The van der Waals surface area contributed by atoms with Gasteiger partial charge >= 0.3 is 5.97 Å². The second-order valence-corrected chi connectivity index (χ2v) is 14.7. The molecule has 1 rings (SSSR count). The molecule has 0 aromatic rings. The summed E-state index contributed by atoms with van der Waals surface area (Å²) in [7, 11) is -1.88. The van der Waals surface area contributed by atoms with Crippen molar-refractivity contribution in [2.24, 2.45) is 11.8 Å². The Bertz CT molecular complexity index is 434. The minimum Gasteiger partial charge on any atom is -0.460 e. The van der Waals surface area contributed by atoms with Gasteiger partial charge in [-0.15, -0.1) is 0 Å². The van der Waals surface area contributed by atoms with Gasteiger partial charge in [0.05, 0.1) is 6.10 Å². The number of hydrogen-bond donors (Lipinski definition) is 1. The molecule has 1 saturated carbocycles. The fourth-order valence-corrected chi connectivity index (χ4v) is 4.38. The predicted octanol–water partition coefficient (Wildman–Crippen LogP) is 4.52. The minimum atomic E-state index is -1.88. The Balaban J connectivity index is 2.75. The van der Waals surface area contributed by atoms with Crippen molar-refractivity contribution in [1.82, 2.24) is 0 Å². The second-order valence-electron chi connectivity index (χ2n) is 9.95. The van der Waals surface area contributed by atoms with E-state index in [1.54, 1.807) is 0 Å². The lowest BCUT2D eigenvalue weighted by Crippen LogP contribution is -2.48. The van der Waals surface area contributed by atoms with Crippen LogP contribution in [0.1, 0.15) is 67.7 Å². The highest BCUT2D eigenvalue weighted by molar-refractivity contribution is 6.74. The van der Waals surface area contributed by atoms with E-state index in [4.69, 9.17) is 9.16 Å². The third kappa shape index (κ3) is 6.16. The molecule has 1 fully saturated rings. The number of ether oxygens (including phenoxy) is 1. The fraction of sp³-hybridized carbons (Fsp3) is 0.947. The molecular formula is C19H38O4Si. The molecule has 1 aliphatic carbocycles. The summed E-state index contributed by atoms with van der Waals surface area (Å²) in [5.74, 6) is 0.0229. The van der Waals surface area contributed by atoms with Crippen molar-refractivity contribution < 1.29 is 19.1 Å². The number of hydrogen-bond acceptors (Lipinski definition) is 4. The quantitative estimate of drug-likeness (QED) is 0.593. The molecule has 142 valence electrons. The summed E-state index contributed by atoms with van der Waals surface area (Å²) >= 11 is 0. The standard InChI is InChI=1S/C19H38O4Si/c1-13-14(11-17(21)22-18(2,3)4)10-15(12-16(13)20)23-24(8,9)19(5,6)7/h13-16,20H,10-12H2,1-9H3/t13-,14?,15-,16-/m1/s1. The molecule has 1 aliphatic rings. The van der Waals surface area contributed by atoms with Gasteiger partial charge in [-0.3, -0.25) is 4.79 Å². The molecule has 1 N–H and O–H groups in total. The molecule has 4 atom stereocenters. The van der Waals surface area contributed by atoms with Gasteiger partial charge in [-0.1, -0.05) is 27.7 Å². The van der Waals surface area contributed by atoms with Crippen molar-refractivity contribution in [2.45, 2.75) is 104 Å². The third-order valence-corrected chi connectivity index (χ3v) is 10.1. The number of carbonyl (C=O) groups excluding carboxylic acids is 1. The number of esters is 1. The molecule has 0 spiro atoms. The van der Waals surface area contributed by atoms with Crippen molar-refractivity contribution in [3.63, 3.8) is 0 Å².